The Balaban J connectivity index is 1.57. The average molecular weight is 456 g/mol. The summed E-state index contributed by atoms with van der Waals surface area (Å²) < 4.78 is 0. The predicted octanol–water partition coefficient (Wildman–Crippen LogP) is 5.56. The lowest BCUT2D eigenvalue weighted by atomic mass is 10.2. The summed E-state index contributed by atoms with van der Waals surface area (Å²) in [6.07, 6.45) is 0.107. The number of hydrogen-bond donors (Lipinski definition) is 1. The summed E-state index contributed by atoms with van der Waals surface area (Å²) >= 11 is 8.90. The topological polar surface area (TPSA) is 61.8 Å². The minimum Gasteiger partial charge on any atom is -0.325 e. The van der Waals surface area contributed by atoms with E-state index in [0.29, 0.717) is 22.4 Å². The van der Waals surface area contributed by atoms with E-state index >= 15 is 0 Å². The molecule has 8 heteroatoms. The summed E-state index contributed by atoms with van der Waals surface area (Å²) in [5, 5.41) is 5.32. The predicted molar refractivity (Wildman–Crippen MR) is 124 cm³/mol. The smallest absolute Gasteiger partial charge is 0.238 e. The van der Waals surface area contributed by atoms with Crippen LogP contribution in [0, 0.1) is 0 Å². The number of carbonyl (C=O) groups is 2. The van der Waals surface area contributed by atoms with Gasteiger partial charge in [0.05, 0.1) is 12.2 Å². The molecule has 2 heterocycles. The quantitative estimate of drug-likeness (QED) is 0.547. The third kappa shape index (κ3) is 5.11. The zero-order valence-electron chi connectivity index (χ0n) is 15.8. The number of para-hydroxylation sites is 1. The molecule has 0 aliphatic carbocycles. The summed E-state index contributed by atoms with van der Waals surface area (Å²) in [5.41, 5.74) is 1.34. The molecule has 1 atom stereocenters. The number of benzene rings is 2. The first-order valence-electron chi connectivity index (χ1n) is 9.28. The number of aliphatic imine (C=N–C) groups is 1. The van der Waals surface area contributed by atoms with Crippen molar-refractivity contribution in [1.29, 1.82) is 0 Å². The molecule has 1 aromatic heterocycles. The Morgan fingerprint density at radius 1 is 1.13 bits per heavy atom. The molecule has 1 unspecified atom stereocenters. The van der Waals surface area contributed by atoms with Crippen LogP contribution >= 0.6 is 34.7 Å². The molecule has 1 N–H and O–H groups in total. The first kappa shape index (κ1) is 20.7. The van der Waals surface area contributed by atoms with E-state index < -0.39 is 5.25 Å². The standard InChI is InChI=1S/C22H18ClN3O2S2/c23-15-6-4-9-17(12-15)24-21(28)19-13-20(27)26(14-18-10-5-11-29-18)22(30-19)25-16-7-2-1-3-8-16/h1-12,19H,13-14H2,(H,24,28). The summed E-state index contributed by atoms with van der Waals surface area (Å²) in [6, 6.07) is 20.3. The van der Waals surface area contributed by atoms with Gasteiger partial charge in [0.1, 0.15) is 5.25 Å². The van der Waals surface area contributed by atoms with Gasteiger partial charge in [0.15, 0.2) is 5.17 Å². The number of halogens is 1. The van der Waals surface area contributed by atoms with Crippen molar-refractivity contribution < 1.29 is 9.59 Å². The maximum absolute atomic E-state index is 13.0. The molecule has 4 rings (SSSR count). The van der Waals surface area contributed by atoms with E-state index in [9.17, 15) is 9.59 Å². The minimum absolute atomic E-state index is 0.107. The number of nitrogens with one attached hydrogen (secondary N) is 1. The van der Waals surface area contributed by atoms with Crippen LogP contribution < -0.4 is 5.32 Å². The number of carbonyl (C=O) groups excluding carboxylic acids is 2. The molecule has 0 saturated carbocycles. The summed E-state index contributed by atoms with van der Waals surface area (Å²) in [5.74, 6) is -0.366. The average Bonchev–Trinajstić information content (AvgIpc) is 3.24. The molecule has 2 amide bonds. The third-order valence-electron chi connectivity index (χ3n) is 4.40. The second-order valence-corrected chi connectivity index (χ2v) is 9.24. The maximum atomic E-state index is 13.0. The molecule has 30 heavy (non-hydrogen) atoms. The SMILES string of the molecule is O=C(Nc1cccc(Cl)c1)C1CC(=O)N(Cc2cccs2)C(=Nc2ccccc2)S1. The van der Waals surface area contributed by atoms with Crippen LogP contribution in [0.25, 0.3) is 0 Å². The number of amides is 2. The van der Waals surface area contributed by atoms with Crippen LogP contribution in [0.1, 0.15) is 11.3 Å². The van der Waals surface area contributed by atoms with Crippen molar-refractivity contribution >= 4 is 63.1 Å². The van der Waals surface area contributed by atoms with Gasteiger partial charge in [-0.2, -0.15) is 0 Å². The van der Waals surface area contributed by atoms with Gasteiger partial charge in [0.25, 0.3) is 0 Å². The molecule has 0 spiro atoms. The van der Waals surface area contributed by atoms with Crippen LogP contribution in [0.2, 0.25) is 5.02 Å². The lowest BCUT2D eigenvalue weighted by Crippen LogP contribution is -2.44. The van der Waals surface area contributed by atoms with Crippen molar-refractivity contribution in [3.05, 3.63) is 82.0 Å². The number of hydrogen-bond acceptors (Lipinski definition) is 5. The highest BCUT2D eigenvalue weighted by molar-refractivity contribution is 8.15. The van der Waals surface area contributed by atoms with Crippen molar-refractivity contribution in [3.63, 3.8) is 0 Å². The van der Waals surface area contributed by atoms with Crippen molar-refractivity contribution in [2.45, 2.75) is 18.2 Å². The molecule has 3 aromatic rings. The molecule has 1 aliphatic rings. The number of nitrogens with zero attached hydrogens (tertiary/aromatic N) is 2. The lowest BCUT2D eigenvalue weighted by Gasteiger charge is -2.31. The molecule has 1 saturated heterocycles. The molecule has 1 fully saturated rings. The first-order valence-corrected chi connectivity index (χ1v) is 11.4. The summed E-state index contributed by atoms with van der Waals surface area (Å²) in [6.45, 7) is 0.442. The van der Waals surface area contributed by atoms with Gasteiger partial charge >= 0.3 is 0 Å². The summed E-state index contributed by atoms with van der Waals surface area (Å²) in [7, 11) is 0. The lowest BCUT2D eigenvalue weighted by molar-refractivity contribution is -0.129. The van der Waals surface area contributed by atoms with Crippen LogP contribution in [0.3, 0.4) is 0 Å². The Hall–Kier alpha value is -2.61. The maximum Gasteiger partial charge on any atom is 0.238 e. The first-order chi connectivity index (χ1) is 14.6. The van der Waals surface area contributed by atoms with Gasteiger partial charge in [0.2, 0.25) is 11.8 Å². The van der Waals surface area contributed by atoms with E-state index in [1.807, 2.05) is 47.8 Å². The largest absolute Gasteiger partial charge is 0.325 e. The van der Waals surface area contributed by atoms with Gasteiger partial charge in [-0.15, -0.1) is 11.3 Å². The molecule has 0 bridgehead atoms. The van der Waals surface area contributed by atoms with Crippen LogP contribution in [-0.4, -0.2) is 27.1 Å². The van der Waals surface area contributed by atoms with Crippen LogP contribution in [0.4, 0.5) is 11.4 Å². The Bertz CT molecular complexity index is 1070. The van der Waals surface area contributed by atoms with Crippen molar-refractivity contribution in [2.75, 3.05) is 5.32 Å². The van der Waals surface area contributed by atoms with Crippen molar-refractivity contribution in [2.24, 2.45) is 4.99 Å². The molecular weight excluding hydrogens is 438 g/mol. The van der Waals surface area contributed by atoms with E-state index in [0.717, 1.165) is 10.6 Å². The van der Waals surface area contributed by atoms with Crippen LogP contribution in [-0.2, 0) is 16.1 Å². The summed E-state index contributed by atoms with van der Waals surface area (Å²) in [4.78, 5) is 33.2. The number of rotatable bonds is 5. The highest BCUT2D eigenvalue weighted by Crippen LogP contribution is 2.31. The van der Waals surface area contributed by atoms with Crippen molar-refractivity contribution in [1.82, 2.24) is 4.90 Å². The molecular formula is C22H18ClN3O2S2. The number of thiophene rings is 1. The Kier molecular flexibility index (Phi) is 6.52. The van der Waals surface area contributed by atoms with Crippen molar-refractivity contribution in [3.8, 4) is 0 Å². The van der Waals surface area contributed by atoms with Gasteiger partial charge in [0, 0.05) is 22.0 Å². The Morgan fingerprint density at radius 2 is 1.97 bits per heavy atom. The highest BCUT2D eigenvalue weighted by Gasteiger charge is 2.36. The van der Waals surface area contributed by atoms with Gasteiger partial charge in [-0.3, -0.25) is 14.5 Å². The second kappa shape index (κ2) is 9.47. The van der Waals surface area contributed by atoms with E-state index in [4.69, 9.17) is 11.6 Å². The van der Waals surface area contributed by atoms with Gasteiger partial charge in [-0.05, 0) is 41.8 Å². The van der Waals surface area contributed by atoms with E-state index in [1.54, 1.807) is 40.5 Å². The Morgan fingerprint density at radius 3 is 2.70 bits per heavy atom. The molecule has 2 aromatic carbocycles. The van der Waals surface area contributed by atoms with E-state index in [2.05, 4.69) is 10.3 Å². The van der Waals surface area contributed by atoms with E-state index in [-0.39, 0.29) is 18.2 Å². The zero-order valence-corrected chi connectivity index (χ0v) is 18.2. The number of anilines is 1. The highest BCUT2D eigenvalue weighted by atomic mass is 35.5. The van der Waals surface area contributed by atoms with Gasteiger partial charge in [-0.25, -0.2) is 4.99 Å². The fourth-order valence-corrected chi connectivity index (χ4v) is 4.94. The van der Waals surface area contributed by atoms with Gasteiger partial charge in [-0.1, -0.05) is 53.7 Å². The monoisotopic (exact) mass is 455 g/mol. The number of amidine groups is 1. The number of thioether (sulfide) groups is 1. The molecule has 0 radical (unpaired) electrons. The van der Waals surface area contributed by atoms with Crippen LogP contribution in [0.5, 0.6) is 0 Å². The molecule has 1 aliphatic heterocycles. The fourth-order valence-electron chi connectivity index (χ4n) is 2.96. The van der Waals surface area contributed by atoms with Crippen LogP contribution in [0.15, 0.2) is 77.1 Å². The van der Waals surface area contributed by atoms with E-state index in [1.165, 1.54) is 11.8 Å². The zero-order chi connectivity index (χ0) is 20.9. The normalized spacial score (nSPS) is 17.9. The molecule has 152 valence electrons. The third-order valence-corrected chi connectivity index (χ3v) is 6.68. The van der Waals surface area contributed by atoms with Gasteiger partial charge < -0.3 is 5.32 Å². The minimum atomic E-state index is -0.571. The Labute approximate surface area is 187 Å². The molecule has 5 nitrogen and oxygen atoms in total. The second-order valence-electron chi connectivity index (χ2n) is 6.60. The fraction of sp³-hybridized carbons (Fsp3) is 0.136.